The highest BCUT2D eigenvalue weighted by molar-refractivity contribution is 7.87. The van der Waals surface area contributed by atoms with Crippen molar-refractivity contribution in [2.24, 2.45) is 5.92 Å². The molecule has 174 valence electrons. The van der Waals surface area contributed by atoms with Gasteiger partial charge in [0.2, 0.25) is 0 Å². The molecule has 0 atom stereocenters. The van der Waals surface area contributed by atoms with Crippen molar-refractivity contribution < 1.29 is 30.6 Å². The van der Waals surface area contributed by atoms with E-state index in [1.54, 1.807) is 17.4 Å². The molecule has 1 fully saturated rings. The van der Waals surface area contributed by atoms with Gasteiger partial charge in [-0.25, -0.2) is 13.2 Å². The van der Waals surface area contributed by atoms with E-state index in [0.29, 0.717) is 25.0 Å². The molecule has 0 radical (unpaired) electrons. The van der Waals surface area contributed by atoms with Gasteiger partial charge in [0.1, 0.15) is 10.6 Å². The summed E-state index contributed by atoms with van der Waals surface area (Å²) in [5.74, 6) is -5.85. The molecule has 1 saturated heterocycles. The standard InChI is InChI=1S/C23H20F3NO4S2/c24-19-6-7-20(22(26)21(19)25)33(29,30)31-17-4-1-3-16(13-17)23(28)15-8-10-27(11-9-15)14-18-5-2-12-32-18/h1-7,12-13,15H,8-11,14H2. The van der Waals surface area contributed by atoms with E-state index in [2.05, 4.69) is 11.0 Å². The number of benzene rings is 2. The fraction of sp³-hybridized carbons (Fsp3) is 0.261. The van der Waals surface area contributed by atoms with Crippen molar-refractivity contribution in [3.05, 3.63) is 81.8 Å². The quantitative estimate of drug-likeness (QED) is 0.261. The average molecular weight is 496 g/mol. The van der Waals surface area contributed by atoms with Crippen molar-refractivity contribution in [3.8, 4) is 5.75 Å². The maximum atomic E-state index is 13.9. The number of carbonyl (C=O) groups is 1. The molecule has 3 aromatic rings. The molecule has 10 heteroatoms. The number of hydrogen-bond donors (Lipinski definition) is 0. The molecule has 0 bridgehead atoms. The van der Waals surface area contributed by atoms with Gasteiger partial charge in [-0.1, -0.05) is 18.2 Å². The van der Waals surface area contributed by atoms with Crippen LogP contribution in [0.3, 0.4) is 0 Å². The maximum Gasteiger partial charge on any atom is 0.342 e. The highest BCUT2D eigenvalue weighted by Gasteiger charge is 2.28. The minimum atomic E-state index is -4.78. The molecule has 0 N–H and O–H groups in total. The highest BCUT2D eigenvalue weighted by atomic mass is 32.2. The summed E-state index contributed by atoms with van der Waals surface area (Å²) in [5.41, 5.74) is 0.269. The van der Waals surface area contributed by atoms with E-state index in [9.17, 15) is 26.4 Å². The van der Waals surface area contributed by atoms with Crippen molar-refractivity contribution in [2.45, 2.75) is 24.3 Å². The lowest BCUT2D eigenvalue weighted by Crippen LogP contribution is -2.35. The first-order chi connectivity index (χ1) is 15.7. The Morgan fingerprint density at radius 3 is 2.48 bits per heavy atom. The minimum Gasteiger partial charge on any atom is -0.379 e. The van der Waals surface area contributed by atoms with Gasteiger partial charge in [-0.05, 0) is 61.6 Å². The smallest absolute Gasteiger partial charge is 0.342 e. The summed E-state index contributed by atoms with van der Waals surface area (Å²) in [6.45, 7) is 2.39. The van der Waals surface area contributed by atoms with Crippen LogP contribution in [0.2, 0.25) is 0 Å². The van der Waals surface area contributed by atoms with Crippen LogP contribution in [0, 0.1) is 23.4 Å². The van der Waals surface area contributed by atoms with Crippen LogP contribution in [0.1, 0.15) is 28.1 Å². The zero-order chi connectivity index (χ0) is 23.6. The zero-order valence-corrected chi connectivity index (χ0v) is 19.0. The molecular weight excluding hydrogens is 475 g/mol. The van der Waals surface area contributed by atoms with Crippen LogP contribution in [0.25, 0.3) is 0 Å². The van der Waals surface area contributed by atoms with Gasteiger partial charge in [-0.2, -0.15) is 8.42 Å². The number of Topliss-reactive ketones (excluding diaryl/α,β-unsaturated/α-hetero) is 1. The minimum absolute atomic E-state index is 0.132. The normalized spacial score (nSPS) is 15.5. The number of piperidine rings is 1. The molecule has 1 aromatic heterocycles. The molecule has 5 nitrogen and oxygen atoms in total. The second kappa shape index (κ2) is 9.66. The van der Waals surface area contributed by atoms with Gasteiger partial charge in [0.25, 0.3) is 0 Å². The number of rotatable bonds is 7. The number of ketones is 1. The predicted octanol–water partition coefficient (Wildman–Crippen LogP) is 5.03. The Morgan fingerprint density at radius 1 is 1.03 bits per heavy atom. The lowest BCUT2D eigenvalue weighted by atomic mass is 9.89. The summed E-state index contributed by atoms with van der Waals surface area (Å²) in [7, 11) is -4.78. The number of thiophene rings is 1. The van der Waals surface area contributed by atoms with E-state index in [1.165, 1.54) is 23.1 Å². The van der Waals surface area contributed by atoms with E-state index in [0.717, 1.165) is 19.6 Å². The van der Waals surface area contributed by atoms with E-state index < -0.39 is 32.5 Å². The van der Waals surface area contributed by atoms with Crippen LogP contribution in [0.5, 0.6) is 5.75 Å². The Hall–Kier alpha value is -2.69. The molecule has 1 aliphatic rings. The Bertz CT molecular complexity index is 1250. The van der Waals surface area contributed by atoms with E-state index in [1.807, 2.05) is 11.4 Å². The third-order valence-corrected chi connectivity index (χ3v) is 7.64. The van der Waals surface area contributed by atoms with Gasteiger partial charge in [0, 0.05) is 22.9 Å². The van der Waals surface area contributed by atoms with Crippen LogP contribution in [0.4, 0.5) is 13.2 Å². The van der Waals surface area contributed by atoms with Crippen LogP contribution in [0.15, 0.2) is 58.8 Å². The number of nitrogens with zero attached hydrogens (tertiary/aromatic N) is 1. The Balaban J connectivity index is 1.43. The Kier molecular flexibility index (Phi) is 6.87. The first kappa shape index (κ1) is 23.5. The molecule has 33 heavy (non-hydrogen) atoms. The van der Waals surface area contributed by atoms with Gasteiger partial charge in [-0.3, -0.25) is 9.69 Å². The number of likely N-dealkylation sites (tertiary alicyclic amines) is 1. The third-order valence-electron chi connectivity index (χ3n) is 5.51. The van der Waals surface area contributed by atoms with E-state index in [4.69, 9.17) is 4.18 Å². The fourth-order valence-corrected chi connectivity index (χ4v) is 5.52. The largest absolute Gasteiger partial charge is 0.379 e. The van der Waals surface area contributed by atoms with Crippen molar-refractivity contribution in [3.63, 3.8) is 0 Å². The monoisotopic (exact) mass is 495 g/mol. The highest BCUT2D eigenvalue weighted by Crippen LogP contribution is 2.27. The van der Waals surface area contributed by atoms with E-state index >= 15 is 0 Å². The fourth-order valence-electron chi connectivity index (χ4n) is 3.79. The van der Waals surface area contributed by atoms with Gasteiger partial charge < -0.3 is 4.18 Å². The lowest BCUT2D eigenvalue weighted by Gasteiger charge is -2.30. The maximum absolute atomic E-state index is 13.9. The average Bonchev–Trinajstić information content (AvgIpc) is 3.30. The molecule has 0 aliphatic carbocycles. The summed E-state index contributed by atoms with van der Waals surface area (Å²) in [6, 6.07) is 10.7. The molecule has 0 amide bonds. The predicted molar refractivity (Wildman–Crippen MR) is 117 cm³/mol. The SMILES string of the molecule is O=C(c1cccc(OS(=O)(=O)c2ccc(F)c(F)c2F)c1)C1CCN(Cc2cccs2)CC1. The molecule has 2 heterocycles. The number of hydrogen-bond acceptors (Lipinski definition) is 6. The Labute approximate surface area is 193 Å². The molecule has 0 spiro atoms. The second-order valence-electron chi connectivity index (χ2n) is 7.73. The molecule has 0 saturated carbocycles. The molecule has 0 unspecified atom stereocenters. The summed E-state index contributed by atoms with van der Waals surface area (Å²) in [6.07, 6.45) is 1.35. The van der Waals surface area contributed by atoms with Crippen LogP contribution in [-0.2, 0) is 16.7 Å². The van der Waals surface area contributed by atoms with Crippen molar-refractivity contribution in [1.29, 1.82) is 0 Å². The topological polar surface area (TPSA) is 63.7 Å². The number of carbonyl (C=O) groups excluding carboxylic acids is 1. The third kappa shape index (κ3) is 5.29. The van der Waals surface area contributed by atoms with Gasteiger partial charge >= 0.3 is 10.1 Å². The van der Waals surface area contributed by atoms with Crippen LogP contribution < -0.4 is 4.18 Å². The summed E-state index contributed by atoms with van der Waals surface area (Å²) < 4.78 is 70.2. The van der Waals surface area contributed by atoms with Crippen molar-refractivity contribution in [2.75, 3.05) is 13.1 Å². The summed E-state index contributed by atoms with van der Waals surface area (Å²) in [4.78, 5) is 15.4. The first-order valence-corrected chi connectivity index (χ1v) is 12.5. The second-order valence-corrected chi connectivity index (χ2v) is 10.3. The van der Waals surface area contributed by atoms with Crippen LogP contribution >= 0.6 is 11.3 Å². The molecule has 2 aromatic carbocycles. The van der Waals surface area contributed by atoms with E-state index in [-0.39, 0.29) is 23.0 Å². The Morgan fingerprint density at radius 2 is 1.79 bits per heavy atom. The molecule has 4 rings (SSSR count). The van der Waals surface area contributed by atoms with Gasteiger partial charge in [0.05, 0.1) is 0 Å². The summed E-state index contributed by atoms with van der Waals surface area (Å²) in [5, 5.41) is 2.03. The zero-order valence-electron chi connectivity index (χ0n) is 17.3. The first-order valence-electron chi connectivity index (χ1n) is 10.2. The van der Waals surface area contributed by atoms with Gasteiger partial charge in [-0.15, -0.1) is 11.3 Å². The van der Waals surface area contributed by atoms with Gasteiger partial charge in [0.15, 0.2) is 23.2 Å². The number of halogens is 3. The van der Waals surface area contributed by atoms with Crippen molar-refractivity contribution in [1.82, 2.24) is 4.90 Å². The summed E-state index contributed by atoms with van der Waals surface area (Å²) >= 11 is 1.69. The van der Waals surface area contributed by atoms with Crippen LogP contribution in [-0.4, -0.2) is 32.2 Å². The molecule has 1 aliphatic heterocycles. The lowest BCUT2D eigenvalue weighted by molar-refractivity contribution is 0.0835. The van der Waals surface area contributed by atoms with Crippen molar-refractivity contribution >= 4 is 27.2 Å². The molecular formula is C23H20F3NO4S2.